The van der Waals surface area contributed by atoms with Crippen molar-refractivity contribution in [3.8, 4) is 0 Å². The number of aryl methyl sites for hydroxylation is 1. The molecule has 30 heavy (non-hydrogen) atoms. The van der Waals surface area contributed by atoms with Gasteiger partial charge < -0.3 is 19.8 Å². The molecule has 3 aromatic rings. The number of carbonyl (C=O) groups is 3. The predicted octanol–water partition coefficient (Wildman–Crippen LogP) is 4.66. The van der Waals surface area contributed by atoms with Gasteiger partial charge in [-0.2, -0.15) is 0 Å². The number of ether oxygens (including phenoxy) is 1. The number of carbonyl (C=O) groups excluding carboxylic acids is 3. The molecule has 0 radical (unpaired) electrons. The minimum absolute atomic E-state index is 0.182. The number of furan rings is 1. The molecule has 1 aromatic heterocycles. The lowest BCUT2D eigenvalue weighted by molar-refractivity contribution is 0.0505. The highest BCUT2D eigenvalue weighted by molar-refractivity contribution is 6.07. The Morgan fingerprint density at radius 3 is 2.33 bits per heavy atom. The van der Waals surface area contributed by atoms with Crippen LogP contribution in [0.15, 0.2) is 65.3 Å². The first-order valence-electron chi connectivity index (χ1n) is 9.52. The first kappa shape index (κ1) is 20.9. The van der Waals surface area contributed by atoms with Crippen LogP contribution in [-0.2, 0) is 4.74 Å². The van der Waals surface area contributed by atoms with Gasteiger partial charge in [0.05, 0.1) is 18.4 Å². The molecule has 0 aliphatic carbocycles. The predicted molar refractivity (Wildman–Crippen MR) is 113 cm³/mol. The third kappa shape index (κ3) is 5.14. The van der Waals surface area contributed by atoms with Crippen LogP contribution < -0.4 is 10.6 Å². The lowest BCUT2D eigenvalue weighted by Gasteiger charge is -2.11. The average molecular weight is 406 g/mol. The molecular formula is C23H22N2O5. The molecule has 2 amide bonds. The van der Waals surface area contributed by atoms with Crippen molar-refractivity contribution >= 4 is 29.2 Å². The smallest absolute Gasteiger partial charge is 0.338 e. The van der Waals surface area contributed by atoms with Gasteiger partial charge in [0, 0.05) is 16.9 Å². The SMILES string of the molecule is CCCOC(=O)c1ccc(NC(=O)c2ccc(C)c(NC(=O)c3ccco3)c2)cc1. The molecule has 3 rings (SSSR count). The third-order valence-electron chi connectivity index (χ3n) is 4.31. The summed E-state index contributed by atoms with van der Waals surface area (Å²) in [5, 5.41) is 5.52. The minimum atomic E-state index is -0.398. The van der Waals surface area contributed by atoms with E-state index in [0.717, 1.165) is 12.0 Å². The Balaban J connectivity index is 1.68. The van der Waals surface area contributed by atoms with Gasteiger partial charge >= 0.3 is 5.97 Å². The van der Waals surface area contributed by atoms with E-state index in [2.05, 4.69) is 10.6 Å². The summed E-state index contributed by atoms with van der Waals surface area (Å²) >= 11 is 0. The fourth-order valence-electron chi connectivity index (χ4n) is 2.66. The van der Waals surface area contributed by atoms with Crippen LogP contribution in [0.1, 0.15) is 50.2 Å². The second-order valence-corrected chi connectivity index (χ2v) is 6.63. The normalized spacial score (nSPS) is 10.3. The van der Waals surface area contributed by atoms with E-state index < -0.39 is 11.9 Å². The maximum Gasteiger partial charge on any atom is 0.338 e. The van der Waals surface area contributed by atoms with Crippen molar-refractivity contribution in [1.82, 2.24) is 0 Å². The van der Waals surface area contributed by atoms with Gasteiger partial charge in [0.1, 0.15) is 0 Å². The number of esters is 1. The topological polar surface area (TPSA) is 97.6 Å². The molecule has 0 saturated carbocycles. The van der Waals surface area contributed by atoms with E-state index in [1.807, 2.05) is 13.8 Å². The lowest BCUT2D eigenvalue weighted by atomic mass is 10.1. The molecule has 0 saturated heterocycles. The van der Waals surface area contributed by atoms with Gasteiger partial charge in [0.25, 0.3) is 11.8 Å². The summed E-state index contributed by atoms with van der Waals surface area (Å²) in [5.74, 6) is -0.956. The Kier molecular flexibility index (Phi) is 6.64. The quantitative estimate of drug-likeness (QED) is 0.556. The molecule has 7 heteroatoms. The Morgan fingerprint density at radius 1 is 0.933 bits per heavy atom. The molecule has 2 N–H and O–H groups in total. The van der Waals surface area contributed by atoms with E-state index in [4.69, 9.17) is 9.15 Å². The van der Waals surface area contributed by atoms with Crippen LogP contribution in [0.2, 0.25) is 0 Å². The van der Waals surface area contributed by atoms with Crippen molar-refractivity contribution < 1.29 is 23.5 Å². The number of anilines is 2. The van der Waals surface area contributed by atoms with Crippen LogP contribution in [0.25, 0.3) is 0 Å². The van der Waals surface area contributed by atoms with Gasteiger partial charge in [-0.05, 0) is 67.4 Å². The fraction of sp³-hybridized carbons (Fsp3) is 0.174. The molecule has 0 unspecified atom stereocenters. The number of amides is 2. The first-order chi connectivity index (χ1) is 14.5. The van der Waals surface area contributed by atoms with Gasteiger partial charge in [-0.25, -0.2) is 4.79 Å². The highest BCUT2D eigenvalue weighted by Crippen LogP contribution is 2.20. The molecule has 0 bridgehead atoms. The summed E-state index contributed by atoms with van der Waals surface area (Å²) in [6.07, 6.45) is 2.17. The van der Waals surface area contributed by atoms with Crippen LogP contribution in [0.3, 0.4) is 0 Å². The summed E-state index contributed by atoms with van der Waals surface area (Å²) in [7, 11) is 0. The maximum absolute atomic E-state index is 12.6. The molecule has 0 aliphatic rings. The highest BCUT2D eigenvalue weighted by atomic mass is 16.5. The van der Waals surface area contributed by atoms with Crippen molar-refractivity contribution in [2.45, 2.75) is 20.3 Å². The molecule has 0 spiro atoms. The molecule has 154 valence electrons. The van der Waals surface area contributed by atoms with Gasteiger partial charge in [-0.1, -0.05) is 13.0 Å². The summed E-state index contributed by atoms with van der Waals surface area (Å²) in [6, 6.07) is 14.7. The summed E-state index contributed by atoms with van der Waals surface area (Å²) in [4.78, 5) is 36.7. The molecule has 7 nitrogen and oxygen atoms in total. The third-order valence-corrected chi connectivity index (χ3v) is 4.31. The Morgan fingerprint density at radius 2 is 1.67 bits per heavy atom. The van der Waals surface area contributed by atoms with Gasteiger partial charge in [-0.15, -0.1) is 0 Å². The van der Waals surface area contributed by atoms with Crippen LogP contribution in [0.5, 0.6) is 0 Å². The average Bonchev–Trinajstić information content (AvgIpc) is 3.29. The van der Waals surface area contributed by atoms with Crippen LogP contribution in [0, 0.1) is 6.92 Å². The monoisotopic (exact) mass is 406 g/mol. The summed E-state index contributed by atoms with van der Waals surface area (Å²) in [6.45, 7) is 4.12. The standard InChI is InChI=1S/C23H22N2O5/c1-3-12-30-23(28)16-8-10-18(11-9-16)24-21(26)17-7-6-15(2)19(14-17)25-22(27)20-5-4-13-29-20/h4-11,13-14H,3,12H2,1-2H3,(H,24,26)(H,25,27). The maximum atomic E-state index is 12.6. The molecule has 0 fully saturated rings. The van der Waals surface area contributed by atoms with Crippen LogP contribution in [0.4, 0.5) is 11.4 Å². The van der Waals surface area contributed by atoms with Gasteiger partial charge in [-0.3, -0.25) is 9.59 Å². The zero-order valence-electron chi connectivity index (χ0n) is 16.7. The number of rotatable bonds is 7. The number of benzene rings is 2. The van der Waals surface area contributed by atoms with E-state index >= 15 is 0 Å². The second kappa shape index (κ2) is 9.56. The Labute approximate surface area is 174 Å². The van der Waals surface area contributed by atoms with Crippen molar-refractivity contribution in [3.63, 3.8) is 0 Å². The lowest BCUT2D eigenvalue weighted by Crippen LogP contribution is -2.15. The Bertz CT molecular complexity index is 1040. The van der Waals surface area contributed by atoms with E-state index in [1.165, 1.54) is 6.26 Å². The number of hydrogen-bond donors (Lipinski definition) is 2. The van der Waals surface area contributed by atoms with E-state index in [9.17, 15) is 14.4 Å². The van der Waals surface area contributed by atoms with Crippen molar-refractivity contribution in [1.29, 1.82) is 0 Å². The van der Waals surface area contributed by atoms with Crippen LogP contribution >= 0.6 is 0 Å². The molecule has 0 atom stereocenters. The fourth-order valence-corrected chi connectivity index (χ4v) is 2.66. The van der Waals surface area contributed by atoms with Gasteiger partial charge in [0.2, 0.25) is 0 Å². The van der Waals surface area contributed by atoms with Crippen molar-refractivity contribution in [2.75, 3.05) is 17.2 Å². The minimum Gasteiger partial charge on any atom is -0.462 e. The second-order valence-electron chi connectivity index (χ2n) is 6.63. The number of hydrogen-bond acceptors (Lipinski definition) is 5. The summed E-state index contributed by atoms with van der Waals surface area (Å²) < 4.78 is 10.2. The van der Waals surface area contributed by atoms with Gasteiger partial charge in [0.15, 0.2) is 5.76 Å². The molecule has 1 heterocycles. The van der Waals surface area contributed by atoms with E-state index in [-0.39, 0.29) is 11.7 Å². The first-order valence-corrected chi connectivity index (χ1v) is 9.52. The molecular weight excluding hydrogens is 384 g/mol. The highest BCUT2D eigenvalue weighted by Gasteiger charge is 2.14. The van der Waals surface area contributed by atoms with E-state index in [0.29, 0.717) is 29.1 Å². The summed E-state index contributed by atoms with van der Waals surface area (Å²) in [5.41, 5.74) is 2.65. The zero-order valence-corrected chi connectivity index (χ0v) is 16.7. The van der Waals surface area contributed by atoms with Crippen LogP contribution in [-0.4, -0.2) is 24.4 Å². The van der Waals surface area contributed by atoms with Crippen molar-refractivity contribution in [2.24, 2.45) is 0 Å². The zero-order chi connectivity index (χ0) is 21.5. The van der Waals surface area contributed by atoms with Crippen molar-refractivity contribution in [3.05, 3.63) is 83.3 Å². The number of nitrogens with one attached hydrogen (secondary N) is 2. The Hall–Kier alpha value is -3.87. The molecule has 0 aliphatic heterocycles. The van der Waals surface area contributed by atoms with E-state index in [1.54, 1.807) is 54.6 Å². The molecule has 2 aromatic carbocycles. The largest absolute Gasteiger partial charge is 0.462 e.